The average molecular weight is 290 g/mol. The quantitative estimate of drug-likeness (QED) is 0.800. The van der Waals surface area contributed by atoms with Gasteiger partial charge in [-0.3, -0.25) is 0 Å². The van der Waals surface area contributed by atoms with E-state index in [1.54, 1.807) is 18.2 Å². The maximum absolute atomic E-state index is 13.7. The molecule has 0 aliphatic heterocycles. The molecule has 0 heterocycles. The fourth-order valence-corrected chi connectivity index (χ4v) is 3.26. The summed E-state index contributed by atoms with van der Waals surface area (Å²) in [6.07, 6.45) is 3.71. The third-order valence-corrected chi connectivity index (χ3v) is 4.46. The van der Waals surface area contributed by atoms with Gasteiger partial charge in [0.05, 0.1) is 5.02 Å². The van der Waals surface area contributed by atoms with E-state index in [1.807, 2.05) is 0 Å². The van der Waals surface area contributed by atoms with Crippen LogP contribution in [0, 0.1) is 17.7 Å². The Bertz CT molecular complexity index is 397. The molecule has 1 N–H and O–H groups in total. The first kappa shape index (κ1) is 14.1. The minimum absolute atomic E-state index is 0.189. The van der Waals surface area contributed by atoms with Gasteiger partial charge in [-0.1, -0.05) is 30.2 Å². The molecule has 1 aromatic rings. The van der Waals surface area contributed by atoms with Crippen LogP contribution < -0.4 is 5.32 Å². The van der Waals surface area contributed by atoms with Crippen LogP contribution in [0.4, 0.5) is 4.39 Å². The zero-order valence-corrected chi connectivity index (χ0v) is 11.8. The standard InChI is InChI=1S/C14H18Cl2FN/c15-7-10-3-1-4-11(10)8-18-9-12-5-2-6-13(16)14(12)17/h2,5-6,10-11,18H,1,3-4,7-9H2. The fraction of sp³-hybridized carbons (Fsp3) is 0.571. The second-order valence-electron chi connectivity index (χ2n) is 4.95. The van der Waals surface area contributed by atoms with E-state index < -0.39 is 0 Å². The van der Waals surface area contributed by atoms with Gasteiger partial charge >= 0.3 is 0 Å². The molecule has 0 bridgehead atoms. The van der Waals surface area contributed by atoms with E-state index in [4.69, 9.17) is 23.2 Å². The van der Waals surface area contributed by atoms with Crippen LogP contribution in [0.15, 0.2) is 18.2 Å². The van der Waals surface area contributed by atoms with Gasteiger partial charge in [0.1, 0.15) is 5.82 Å². The van der Waals surface area contributed by atoms with E-state index in [2.05, 4.69) is 5.32 Å². The third kappa shape index (κ3) is 3.37. The van der Waals surface area contributed by atoms with E-state index in [0.717, 1.165) is 12.4 Å². The van der Waals surface area contributed by atoms with Crippen LogP contribution in [0.5, 0.6) is 0 Å². The van der Waals surface area contributed by atoms with E-state index in [9.17, 15) is 4.39 Å². The van der Waals surface area contributed by atoms with Gasteiger partial charge in [-0.25, -0.2) is 4.39 Å². The molecule has 0 spiro atoms. The molecule has 2 atom stereocenters. The van der Waals surface area contributed by atoms with Crippen LogP contribution >= 0.6 is 23.2 Å². The molecular weight excluding hydrogens is 272 g/mol. The molecule has 0 aromatic heterocycles. The highest BCUT2D eigenvalue weighted by molar-refractivity contribution is 6.30. The van der Waals surface area contributed by atoms with Gasteiger partial charge in [0, 0.05) is 18.0 Å². The van der Waals surface area contributed by atoms with Crippen molar-refractivity contribution in [2.24, 2.45) is 11.8 Å². The van der Waals surface area contributed by atoms with Gasteiger partial charge < -0.3 is 5.32 Å². The van der Waals surface area contributed by atoms with Gasteiger partial charge in [-0.15, -0.1) is 11.6 Å². The van der Waals surface area contributed by atoms with Gasteiger partial charge in [0.15, 0.2) is 0 Å². The molecule has 1 aliphatic rings. The van der Waals surface area contributed by atoms with Crippen molar-refractivity contribution in [1.29, 1.82) is 0 Å². The Morgan fingerprint density at radius 2 is 2.06 bits per heavy atom. The lowest BCUT2D eigenvalue weighted by Crippen LogP contribution is -2.26. The van der Waals surface area contributed by atoms with Crippen LogP contribution in [0.25, 0.3) is 0 Å². The maximum atomic E-state index is 13.7. The predicted octanol–water partition coefficient (Wildman–Crippen LogP) is 4.22. The Morgan fingerprint density at radius 1 is 1.28 bits per heavy atom. The number of hydrogen-bond donors (Lipinski definition) is 1. The number of alkyl halides is 1. The summed E-state index contributed by atoms with van der Waals surface area (Å²) in [4.78, 5) is 0. The largest absolute Gasteiger partial charge is 0.312 e. The number of halogens is 3. The van der Waals surface area contributed by atoms with E-state index in [-0.39, 0.29) is 10.8 Å². The molecule has 0 amide bonds. The summed E-state index contributed by atoms with van der Waals surface area (Å²) in [6.45, 7) is 1.43. The summed E-state index contributed by atoms with van der Waals surface area (Å²) >= 11 is 11.7. The summed E-state index contributed by atoms with van der Waals surface area (Å²) in [5.74, 6) is 1.66. The minimum atomic E-state index is -0.313. The minimum Gasteiger partial charge on any atom is -0.312 e. The summed E-state index contributed by atoms with van der Waals surface area (Å²) < 4.78 is 13.7. The third-order valence-electron chi connectivity index (χ3n) is 3.77. The smallest absolute Gasteiger partial charge is 0.146 e. The number of benzene rings is 1. The van der Waals surface area contributed by atoms with Gasteiger partial charge in [-0.2, -0.15) is 0 Å². The summed E-state index contributed by atoms with van der Waals surface area (Å²) in [6, 6.07) is 5.11. The Hall–Kier alpha value is -0.310. The van der Waals surface area contributed by atoms with Crippen molar-refractivity contribution in [3.63, 3.8) is 0 Å². The Labute approximate surface area is 118 Å². The lowest BCUT2D eigenvalue weighted by atomic mass is 9.98. The van der Waals surface area contributed by atoms with Crippen LogP contribution in [0.3, 0.4) is 0 Å². The van der Waals surface area contributed by atoms with Crippen LogP contribution in [0.2, 0.25) is 5.02 Å². The molecule has 2 rings (SSSR count). The molecular formula is C14H18Cl2FN. The highest BCUT2D eigenvalue weighted by atomic mass is 35.5. The molecule has 4 heteroatoms. The van der Waals surface area contributed by atoms with E-state index in [0.29, 0.717) is 23.9 Å². The Balaban J connectivity index is 1.83. The molecule has 1 saturated carbocycles. The summed E-state index contributed by atoms with van der Waals surface area (Å²) in [5.41, 5.74) is 0.628. The molecule has 18 heavy (non-hydrogen) atoms. The van der Waals surface area contributed by atoms with Crippen molar-refractivity contribution < 1.29 is 4.39 Å². The number of rotatable bonds is 5. The van der Waals surface area contributed by atoms with Crippen LogP contribution in [-0.2, 0) is 6.54 Å². The van der Waals surface area contributed by atoms with Crippen molar-refractivity contribution in [1.82, 2.24) is 5.32 Å². The first-order chi connectivity index (χ1) is 8.72. The van der Waals surface area contributed by atoms with Crippen molar-refractivity contribution in [2.45, 2.75) is 25.8 Å². The first-order valence-electron chi connectivity index (χ1n) is 6.42. The summed E-state index contributed by atoms with van der Waals surface area (Å²) in [5, 5.41) is 3.51. The summed E-state index contributed by atoms with van der Waals surface area (Å²) in [7, 11) is 0. The number of nitrogens with one attached hydrogen (secondary N) is 1. The fourth-order valence-electron chi connectivity index (χ4n) is 2.66. The normalized spacial score (nSPS) is 23.5. The van der Waals surface area contributed by atoms with Gasteiger partial charge in [-0.05, 0) is 37.3 Å². The molecule has 2 unspecified atom stereocenters. The molecule has 1 fully saturated rings. The highest BCUT2D eigenvalue weighted by Gasteiger charge is 2.25. The SMILES string of the molecule is Fc1c(Cl)cccc1CNCC1CCCC1CCl. The van der Waals surface area contributed by atoms with E-state index in [1.165, 1.54) is 19.3 Å². The monoisotopic (exact) mass is 289 g/mol. The molecule has 1 aliphatic carbocycles. The topological polar surface area (TPSA) is 12.0 Å². The lowest BCUT2D eigenvalue weighted by Gasteiger charge is -2.17. The lowest BCUT2D eigenvalue weighted by molar-refractivity contribution is 0.394. The second-order valence-corrected chi connectivity index (χ2v) is 5.67. The Morgan fingerprint density at radius 3 is 2.83 bits per heavy atom. The van der Waals surface area contributed by atoms with Crippen LogP contribution in [0.1, 0.15) is 24.8 Å². The predicted molar refractivity (Wildman–Crippen MR) is 74.7 cm³/mol. The molecule has 100 valence electrons. The number of hydrogen-bond acceptors (Lipinski definition) is 1. The first-order valence-corrected chi connectivity index (χ1v) is 7.33. The zero-order chi connectivity index (χ0) is 13.0. The van der Waals surface area contributed by atoms with Crippen molar-refractivity contribution in [3.05, 3.63) is 34.6 Å². The van der Waals surface area contributed by atoms with Gasteiger partial charge in [0.2, 0.25) is 0 Å². The molecule has 0 saturated heterocycles. The second kappa shape index (κ2) is 6.74. The van der Waals surface area contributed by atoms with Crippen molar-refractivity contribution in [3.8, 4) is 0 Å². The van der Waals surface area contributed by atoms with Gasteiger partial charge in [0.25, 0.3) is 0 Å². The Kier molecular flexibility index (Phi) is 5.28. The molecule has 1 aromatic carbocycles. The average Bonchev–Trinajstić information content (AvgIpc) is 2.82. The molecule has 0 radical (unpaired) electrons. The maximum Gasteiger partial charge on any atom is 0.146 e. The zero-order valence-electron chi connectivity index (χ0n) is 10.3. The molecule has 1 nitrogen and oxygen atoms in total. The van der Waals surface area contributed by atoms with E-state index >= 15 is 0 Å². The van der Waals surface area contributed by atoms with Crippen molar-refractivity contribution in [2.75, 3.05) is 12.4 Å². The highest BCUT2D eigenvalue weighted by Crippen LogP contribution is 2.32. The van der Waals surface area contributed by atoms with Crippen molar-refractivity contribution >= 4 is 23.2 Å². The van der Waals surface area contributed by atoms with Crippen LogP contribution in [-0.4, -0.2) is 12.4 Å².